The Balaban J connectivity index is 0.000000149. The first-order valence-electron chi connectivity index (χ1n) is 28.4. The van der Waals surface area contributed by atoms with Gasteiger partial charge >= 0.3 is 12.4 Å². The normalized spacial score (nSPS) is 12.6. The SMILES string of the molecule is CC(C)(O)c1ccccc1-c1ccc2nc(/C=C/c3cccc(C(F)(F)F)c3)[nH]c2c1.CS(=O)(=O)Nc1ccccc1-c1ccc2nc(/C=C/c3cccc(C(F)(F)F)c3)[nH]c2c1.Cc1cccc(/C=C/c2nc3ccc(-c4ccccc4C(C)O)cc3[nH]2)c1. The Labute approximate surface area is 516 Å². The highest BCUT2D eigenvalue weighted by Crippen LogP contribution is 2.36. The van der Waals surface area contributed by atoms with Crippen LogP contribution >= 0.6 is 0 Å². The summed E-state index contributed by atoms with van der Waals surface area (Å²) in [4.78, 5) is 23.3. The highest BCUT2D eigenvalue weighted by atomic mass is 32.2. The van der Waals surface area contributed by atoms with Gasteiger partial charge in [-0.15, -0.1) is 0 Å². The number of H-pyrrole nitrogens is 3. The van der Waals surface area contributed by atoms with Gasteiger partial charge < -0.3 is 25.2 Å². The van der Waals surface area contributed by atoms with Gasteiger partial charge in [0, 0.05) is 5.56 Å². The molecule has 90 heavy (non-hydrogen) atoms. The van der Waals surface area contributed by atoms with E-state index in [1.807, 2.05) is 97.1 Å². The predicted molar refractivity (Wildman–Crippen MR) is 350 cm³/mol. The van der Waals surface area contributed by atoms with Gasteiger partial charge in [0.2, 0.25) is 10.0 Å². The molecule has 18 heteroatoms. The molecule has 1 atom stereocenters. The van der Waals surface area contributed by atoms with E-state index in [-0.39, 0.29) is 0 Å². The monoisotopic (exact) mass is 1230 g/mol. The lowest BCUT2D eigenvalue weighted by molar-refractivity contribution is -0.138. The zero-order valence-electron chi connectivity index (χ0n) is 49.3. The Morgan fingerprint density at radius 3 is 1.32 bits per heavy atom. The summed E-state index contributed by atoms with van der Waals surface area (Å²) < 4.78 is 103. The van der Waals surface area contributed by atoms with Crippen LogP contribution in [0.5, 0.6) is 0 Å². The number of fused-ring (bicyclic) bond motifs is 3. The molecule has 0 fully saturated rings. The van der Waals surface area contributed by atoms with Gasteiger partial charge in [0.15, 0.2) is 0 Å². The summed E-state index contributed by atoms with van der Waals surface area (Å²) in [5.74, 6) is 1.85. The summed E-state index contributed by atoms with van der Waals surface area (Å²) in [5, 5.41) is 20.5. The molecule has 0 amide bonds. The van der Waals surface area contributed by atoms with E-state index >= 15 is 0 Å². The van der Waals surface area contributed by atoms with Crippen molar-refractivity contribution in [2.45, 2.75) is 51.8 Å². The Bertz CT molecular complexity index is 4760. The number of alkyl halides is 6. The van der Waals surface area contributed by atoms with E-state index in [2.05, 4.69) is 84.0 Å². The number of aliphatic hydroxyl groups is 2. The third kappa shape index (κ3) is 15.9. The van der Waals surface area contributed by atoms with Crippen LogP contribution in [0.15, 0.2) is 200 Å². The molecule has 3 aromatic heterocycles. The first-order chi connectivity index (χ1) is 42.8. The van der Waals surface area contributed by atoms with Crippen molar-refractivity contribution in [2.75, 3.05) is 11.0 Å². The van der Waals surface area contributed by atoms with Crippen LogP contribution in [0.3, 0.4) is 0 Å². The molecule has 12 rings (SSSR count). The fraction of sp³-hybridized carbons (Fsp3) is 0.125. The number of aryl methyl sites for hydroxylation is 1. The van der Waals surface area contributed by atoms with E-state index in [1.54, 1.807) is 81.5 Å². The number of aromatic nitrogens is 6. The van der Waals surface area contributed by atoms with E-state index in [4.69, 9.17) is 0 Å². The molecule has 0 saturated carbocycles. The van der Waals surface area contributed by atoms with Crippen LogP contribution in [-0.4, -0.2) is 54.8 Å². The average molecular weight is 1230 g/mol. The maximum absolute atomic E-state index is 12.9. The largest absolute Gasteiger partial charge is 0.416 e. The number of hydrogen-bond donors (Lipinski definition) is 6. The van der Waals surface area contributed by atoms with Gasteiger partial charge in [-0.3, -0.25) is 4.72 Å². The fourth-order valence-corrected chi connectivity index (χ4v) is 10.8. The number of imidazole rings is 3. The molecule has 0 aliphatic rings. The molecule has 0 bridgehead atoms. The average Bonchev–Trinajstić information content (AvgIpc) is 1.54. The molecule has 1 unspecified atom stereocenters. The summed E-state index contributed by atoms with van der Waals surface area (Å²) in [6.07, 6.45) is 2.27. The second kappa shape index (κ2) is 26.3. The summed E-state index contributed by atoms with van der Waals surface area (Å²) in [7, 11) is -3.44. The minimum absolute atomic E-state index is 0.404. The molecule has 0 aliphatic carbocycles. The van der Waals surface area contributed by atoms with Crippen LogP contribution in [-0.2, 0) is 28.0 Å². The number of para-hydroxylation sites is 1. The van der Waals surface area contributed by atoms with E-state index in [9.17, 15) is 45.0 Å². The Hall–Kier alpha value is -10.1. The van der Waals surface area contributed by atoms with E-state index in [1.165, 1.54) is 17.7 Å². The molecule has 0 aliphatic heterocycles. The van der Waals surface area contributed by atoms with Gasteiger partial charge in [-0.05, 0) is 168 Å². The third-order valence-electron chi connectivity index (χ3n) is 14.4. The first kappa shape index (κ1) is 62.9. The van der Waals surface area contributed by atoms with Crippen molar-refractivity contribution in [3.05, 3.63) is 262 Å². The number of hydrogen-bond acceptors (Lipinski definition) is 7. The first-order valence-corrected chi connectivity index (χ1v) is 30.3. The number of nitrogens with one attached hydrogen (secondary N) is 4. The molecule has 0 radical (unpaired) electrons. The topological polar surface area (TPSA) is 173 Å². The molecule has 12 aromatic rings. The summed E-state index contributed by atoms with van der Waals surface area (Å²) in [6, 6.07) is 58.6. The molecule has 0 saturated heterocycles. The van der Waals surface area contributed by atoms with Crippen LogP contribution < -0.4 is 4.72 Å². The van der Waals surface area contributed by atoms with Crippen molar-refractivity contribution in [3.63, 3.8) is 0 Å². The predicted octanol–water partition coefficient (Wildman–Crippen LogP) is 18.2. The summed E-state index contributed by atoms with van der Waals surface area (Å²) in [5.41, 5.74) is 13.3. The molecule has 456 valence electrons. The van der Waals surface area contributed by atoms with Crippen LogP contribution in [0.2, 0.25) is 0 Å². The standard InChI is InChI=1S/C25H21F3N2O.C24H22N2O.C23H18F3N3O2S/c1-24(2,31)20-9-4-3-8-19(20)17-11-12-21-22(15-17)30-23(29-21)13-10-16-6-5-7-18(14-16)25(26,27)28;1-16-6-5-7-18(14-16)10-13-24-25-22-12-11-19(15-23(22)26-24)21-9-4-3-8-20(21)17(2)27;1-32(30,31)29-19-8-3-2-7-18(19)16-10-11-20-21(14-16)28-22(27-20)12-9-15-5-4-6-17(13-15)23(24,25)26/h3-15,31H,1-2H3,(H,29,30);3-15,17,27H,1-2H3,(H,25,26);2-14,29H,1H3,(H,27,28)/b2*13-10+;12-9+. The lowest BCUT2D eigenvalue weighted by atomic mass is 9.89. The molecule has 11 nitrogen and oxygen atoms in total. The maximum Gasteiger partial charge on any atom is 0.416 e. The highest BCUT2D eigenvalue weighted by molar-refractivity contribution is 7.92. The quantitative estimate of drug-likeness (QED) is 0.0624. The van der Waals surface area contributed by atoms with E-state index < -0.39 is 45.2 Å². The third-order valence-corrected chi connectivity index (χ3v) is 15.0. The number of anilines is 1. The fourth-order valence-electron chi connectivity index (χ4n) is 10.2. The van der Waals surface area contributed by atoms with Crippen molar-refractivity contribution >= 4 is 85.3 Å². The Morgan fingerprint density at radius 2 is 0.878 bits per heavy atom. The van der Waals surface area contributed by atoms with Crippen molar-refractivity contribution in [2.24, 2.45) is 0 Å². The van der Waals surface area contributed by atoms with Crippen molar-refractivity contribution in [1.82, 2.24) is 29.9 Å². The molecule has 9 aromatic carbocycles. The smallest absolute Gasteiger partial charge is 0.389 e. The summed E-state index contributed by atoms with van der Waals surface area (Å²) in [6.45, 7) is 7.38. The van der Waals surface area contributed by atoms with Gasteiger partial charge in [-0.2, -0.15) is 26.3 Å². The Kier molecular flexibility index (Phi) is 18.4. The number of sulfonamides is 1. The zero-order valence-corrected chi connectivity index (χ0v) is 50.1. The Morgan fingerprint density at radius 1 is 0.478 bits per heavy atom. The van der Waals surface area contributed by atoms with Crippen LogP contribution in [0, 0.1) is 6.92 Å². The van der Waals surface area contributed by atoms with Crippen LogP contribution in [0.1, 0.15) is 88.9 Å². The lowest BCUT2D eigenvalue weighted by Gasteiger charge is -2.21. The number of rotatable bonds is 13. The maximum atomic E-state index is 12.9. The number of aliphatic hydroxyl groups excluding tert-OH is 1. The number of benzene rings is 9. The molecule has 6 N–H and O–H groups in total. The van der Waals surface area contributed by atoms with E-state index in [0.29, 0.717) is 45.1 Å². The molecule has 3 heterocycles. The van der Waals surface area contributed by atoms with Gasteiger partial charge in [0.1, 0.15) is 17.5 Å². The van der Waals surface area contributed by atoms with Crippen molar-refractivity contribution < 1.29 is 45.0 Å². The number of halogens is 6. The molecular formula is C72H61F6N7O4S. The second-order valence-electron chi connectivity index (χ2n) is 22.0. The van der Waals surface area contributed by atoms with Crippen LogP contribution in [0.4, 0.5) is 32.0 Å². The highest BCUT2D eigenvalue weighted by Gasteiger charge is 2.31. The van der Waals surface area contributed by atoms with E-state index in [0.717, 1.165) is 103 Å². The number of nitrogens with zero attached hydrogens (tertiary/aromatic N) is 3. The van der Waals surface area contributed by atoms with Gasteiger partial charge in [0.25, 0.3) is 0 Å². The van der Waals surface area contributed by atoms with Crippen molar-refractivity contribution in [1.29, 1.82) is 0 Å². The van der Waals surface area contributed by atoms with Gasteiger partial charge in [-0.1, -0.05) is 157 Å². The second-order valence-corrected chi connectivity index (χ2v) is 23.8. The van der Waals surface area contributed by atoms with Crippen molar-refractivity contribution in [3.8, 4) is 33.4 Å². The number of aromatic amines is 3. The van der Waals surface area contributed by atoms with Gasteiger partial charge in [-0.25, -0.2) is 23.4 Å². The molecule has 0 spiro atoms. The summed E-state index contributed by atoms with van der Waals surface area (Å²) >= 11 is 0. The zero-order chi connectivity index (χ0) is 64.0. The minimum Gasteiger partial charge on any atom is -0.389 e. The lowest BCUT2D eigenvalue weighted by Crippen LogP contribution is -2.16. The van der Waals surface area contributed by atoms with Crippen LogP contribution in [0.25, 0.3) is 103 Å². The minimum atomic E-state index is -4.40. The molecular weight excluding hydrogens is 1170 g/mol. The van der Waals surface area contributed by atoms with Gasteiger partial charge in [0.05, 0.1) is 67.9 Å².